The van der Waals surface area contributed by atoms with Crippen LogP contribution in [0, 0.1) is 37.1 Å². The topological polar surface area (TPSA) is 0 Å². The maximum absolute atomic E-state index is 14.4. The van der Waals surface area contributed by atoms with Gasteiger partial charge >= 0.3 is 0 Å². The van der Waals surface area contributed by atoms with Gasteiger partial charge in [0.2, 0.25) is 0 Å². The molecule has 3 aromatic rings. The Balaban J connectivity index is 2.08. The van der Waals surface area contributed by atoms with E-state index >= 15 is 0 Å². The fraction of sp³-hybridized carbons (Fsp3) is 0.100. The van der Waals surface area contributed by atoms with Crippen LogP contribution in [0.25, 0.3) is 22.3 Å². The minimum atomic E-state index is -0.738. The van der Waals surface area contributed by atoms with E-state index in [1.165, 1.54) is 31.2 Å². The molecule has 4 heteroatoms. The van der Waals surface area contributed by atoms with Crippen molar-refractivity contribution in [1.29, 1.82) is 0 Å². The number of hydrogen-bond acceptors (Lipinski definition) is 0. The SMILES string of the molecule is Cc1ccc(-c2ccc(-c3cc(F)c(C)c(F)c3)c(F)c2)c(F)c1. The predicted molar refractivity (Wildman–Crippen MR) is 86.6 cm³/mol. The molecule has 0 radical (unpaired) electrons. The van der Waals surface area contributed by atoms with Crippen LogP contribution in [-0.2, 0) is 0 Å². The van der Waals surface area contributed by atoms with Gasteiger partial charge < -0.3 is 0 Å². The highest BCUT2D eigenvalue weighted by atomic mass is 19.1. The maximum atomic E-state index is 14.4. The Kier molecular flexibility index (Phi) is 4.14. The van der Waals surface area contributed by atoms with Gasteiger partial charge in [-0.05, 0) is 54.8 Å². The van der Waals surface area contributed by atoms with Crippen LogP contribution in [0.5, 0.6) is 0 Å². The summed E-state index contributed by atoms with van der Waals surface area (Å²) in [5, 5.41) is 0. The molecule has 24 heavy (non-hydrogen) atoms. The predicted octanol–water partition coefficient (Wildman–Crippen LogP) is 6.19. The minimum absolute atomic E-state index is 0.0593. The Morgan fingerprint density at radius 1 is 0.542 bits per heavy atom. The Labute approximate surface area is 137 Å². The molecule has 0 heterocycles. The van der Waals surface area contributed by atoms with Crippen molar-refractivity contribution >= 4 is 0 Å². The third kappa shape index (κ3) is 2.92. The van der Waals surface area contributed by atoms with Gasteiger partial charge in [0.05, 0.1) is 0 Å². The first-order valence-corrected chi connectivity index (χ1v) is 7.39. The van der Waals surface area contributed by atoms with E-state index in [1.807, 2.05) is 0 Å². The summed E-state index contributed by atoms with van der Waals surface area (Å²) in [4.78, 5) is 0. The number of hydrogen-bond donors (Lipinski definition) is 0. The largest absolute Gasteiger partial charge is 0.207 e. The Morgan fingerprint density at radius 3 is 1.62 bits per heavy atom. The smallest absolute Gasteiger partial charge is 0.131 e. The van der Waals surface area contributed by atoms with Crippen LogP contribution >= 0.6 is 0 Å². The second-order valence-corrected chi connectivity index (χ2v) is 5.74. The number of rotatable bonds is 2. The first-order chi connectivity index (χ1) is 11.4. The molecule has 0 N–H and O–H groups in total. The summed E-state index contributed by atoms with van der Waals surface area (Å²) in [5.74, 6) is -2.60. The van der Waals surface area contributed by atoms with E-state index in [9.17, 15) is 17.6 Å². The molecule has 0 aliphatic heterocycles. The van der Waals surface area contributed by atoms with Gasteiger partial charge in [-0.3, -0.25) is 0 Å². The summed E-state index contributed by atoms with van der Waals surface area (Å²) < 4.78 is 55.8. The van der Waals surface area contributed by atoms with Crippen LogP contribution in [-0.4, -0.2) is 0 Å². The first kappa shape index (κ1) is 16.2. The molecule has 0 aromatic heterocycles. The summed E-state index contributed by atoms with van der Waals surface area (Å²) in [5.41, 5.74) is 1.44. The molecule has 0 saturated heterocycles. The Hall–Kier alpha value is -2.62. The fourth-order valence-electron chi connectivity index (χ4n) is 2.57. The monoisotopic (exact) mass is 330 g/mol. The molecular formula is C20H14F4. The van der Waals surface area contributed by atoms with Gasteiger partial charge in [-0.2, -0.15) is 0 Å². The van der Waals surface area contributed by atoms with Gasteiger partial charge in [0.25, 0.3) is 0 Å². The van der Waals surface area contributed by atoms with Crippen molar-refractivity contribution in [1.82, 2.24) is 0 Å². The van der Waals surface area contributed by atoms with Crippen molar-refractivity contribution in [3.63, 3.8) is 0 Å². The molecule has 0 spiro atoms. The molecule has 0 fully saturated rings. The first-order valence-electron chi connectivity index (χ1n) is 7.39. The number of benzene rings is 3. The minimum Gasteiger partial charge on any atom is -0.207 e. The van der Waals surface area contributed by atoms with Crippen LogP contribution < -0.4 is 0 Å². The number of aryl methyl sites for hydroxylation is 1. The Bertz CT molecular complexity index is 906. The van der Waals surface area contributed by atoms with Crippen molar-refractivity contribution in [3.05, 3.63) is 82.9 Å². The molecule has 3 aromatic carbocycles. The third-order valence-electron chi connectivity index (χ3n) is 4.00. The van der Waals surface area contributed by atoms with Crippen molar-refractivity contribution < 1.29 is 17.6 Å². The van der Waals surface area contributed by atoms with Crippen LogP contribution in [0.4, 0.5) is 17.6 Å². The zero-order valence-electron chi connectivity index (χ0n) is 13.1. The average molecular weight is 330 g/mol. The second kappa shape index (κ2) is 6.11. The summed E-state index contributed by atoms with van der Waals surface area (Å²) in [6.07, 6.45) is 0. The van der Waals surface area contributed by atoms with E-state index in [0.717, 1.165) is 17.7 Å². The van der Waals surface area contributed by atoms with Gasteiger partial charge in [-0.15, -0.1) is 0 Å². The number of halogens is 4. The highest BCUT2D eigenvalue weighted by molar-refractivity contribution is 5.71. The molecule has 0 atom stereocenters. The lowest BCUT2D eigenvalue weighted by Crippen LogP contribution is -1.93. The van der Waals surface area contributed by atoms with Crippen LogP contribution in [0.2, 0.25) is 0 Å². The van der Waals surface area contributed by atoms with E-state index in [0.29, 0.717) is 5.56 Å². The molecule has 122 valence electrons. The van der Waals surface area contributed by atoms with Crippen molar-refractivity contribution in [3.8, 4) is 22.3 Å². The zero-order chi connectivity index (χ0) is 17.4. The molecule has 0 bridgehead atoms. The van der Waals surface area contributed by atoms with Crippen molar-refractivity contribution in [2.75, 3.05) is 0 Å². The van der Waals surface area contributed by atoms with Crippen LogP contribution in [0.3, 0.4) is 0 Å². The van der Waals surface area contributed by atoms with E-state index in [-0.39, 0.29) is 22.3 Å². The van der Waals surface area contributed by atoms with Crippen LogP contribution in [0.1, 0.15) is 11.1 Å². The van der Waals surface area contributed by atoms with Gasteiger partial charge in [0.15, 0.2) is 0 Å². The molecule has 0 aliphatic carbocycles. The molecule has 0 nitrogen and oxygen atoms in total. The lowest BCUT2D eigenvalue weighted by Gasteiger charge is -2.09. The van der Waals surface area contributed by atoms with Gasteiger partial charge in [-0.1, -0.05) is 24.3 Å². The van der Waals surface area contributed by atoms with Gasteiger partial charge in [-0.25, -0.2) is 17.6 Å². The van der Waals surface area contributed by atoms with Crippen molar-refractivity contribution in [2.24, 2.45) is 0 Å². The average Bonchev–Trinajstić information content (AvgIpc) is 2.52. The molecule has 0 unspecified atom stereocenters. The standard InChI is InChI=1S/C20H14F4/c1-11-3-5-15(19(23)7-11)13-4-6-16(20(24)8-13)14-9-17(21)12(2)18(22)10-14/h3-10H,1-2H3. The Morgan fingerprint density at radius 2 is 1.04 bits per heavy atom. The summed E-state index contributed by atoms with van der Waals surface area (Å²) in [7, 11) is 0. The van der Waals surface area contributed by atoms with E-state index in [1.54, 1.807) is 19.1 Å². The third-order valence-corrected chi connectivity index (χ3v) is 4.00. The molecular weight excluding hydrogens is 316 g/mol. The zero-order valence-corrected chi connectivity index (χ0v) is 13.1. The van der Waals surface area contributed by atoms with Gasteiger partial charge in [0, 0.05) is 16.7 Å². The normalized spacial score (nSPS) is 10.9. The molecule has 3 rings (SSSR count). The van der Waals surface area contributed by atoms with Crippen LogP contribution in [0.15, 0.2) is 48.5 Å². The fourth-order valence-corrected chi connectivity index (χ4v) is 2.57. The maximum Gasteiger partial charge on any atom is 0.131 e. The van der Waals surface area contributed by atoms with E-state index in [2.05, 4.69) is 0 Å². The quantitative estimate of drug-likeness (QED) is 0.491. The molecule has 0 amide bonds. The van der Waals surface area contributed by atoms with E-state index in [4.69, 9.17) is 0 Å². The van der Waals surface area contributed by atoms with Gasteiger partial charge in [0.1, 0.15) is 23.3 Å². The molecule has 0 aliphatic rings. The lowest BCUT2D eigenvalue weighted by atomic mass is 9.98. The second-order valence-electron chi connectivity index (χ2n) is 5.74. The highest BCUT2D eigenvalue weighted by Gasteiger charge is 2.13. The summed E-state index contributed by atoms with van der Waals surface area (Å²) >= 11 is 0. The van der Waals surface area contributed by atoms with Crippen molar-refractivity contribution in [2.45, 2.75) is 13.8 Å². The lowest BCUT2D eigenvalue weighted by molar-refractivity contribution is 0.568. The summed E-state index contributed by atoms with van der Waals surface area (Å²) in [6, 6.07) is 10.9. The summed E-state index contributed by atoms with van der Waals surface area (Å²) in [6.45, 7) is 3.07. The molecule has 0 saturated carbocycles. The highest BCUT2D eigenvalue weighted by Crippen LogP contribution is 2.31. The van der Waals surface area contributed by atoms with E-state index < -0.39 is 23.3 Å².